The number of hydrogen-bond donors (Lipinski definition) is 0. The van der Waals surface area contributed by atoms with Crippen molar-refractivity contribution in [1.29, 1.82) is 0 Å². The molecule has 0 fully saturated rings. The lowest BCUT2D eigenvalue weighted by molar-refractivity contribution is 1.56. The fourth-order valence-corrected chi connectivity index (χ4v) is 9.71. The van der Waals surface area contributed by atoms with Gasteiger partial charge in [0.15, 0.2) is 0 Å². The van der Waals surface area contributed by atoms with Gasteiger partial charge in [0.1, 0.15) is 0 Å². The topological polar surface area (TPSA) is 0 Å². The van der Waals surface area contributed by atoms with E-state index in [1.54, 1.807) is 0 Å². The lowest BCUT2D eigenvalue weighted by atomic mass is 9.84. The summed E-state index contributed by atoms with van der Waals surface area (Å²) in [4.78, 5) is 0. The smallest absolute Gasteiger partial charge is 0.000137 e. The van der Waals surface area contributed by atoms with Gasteiger partial charge in [0.05, 0.1) is 0 Å². The summed E-state index contributed by atoms with van der Waals surface area (Å²) in [7, 11) is 0. The second-order valence-electron chi connectivity index (χ2n) is 15.1. The van der Waals surface area contributed by atoms with Gasteiger partial charge in [-0.2, -0.15) is 0 Å². The van der Waals surface area contributed by atoms with Gasteiger partial charge in [0.2, 0.25) is 0 Å². The molecule has 12 rings (SSSR count). The first-order chi connectivity index (χ1) is 27.8. The molecule has 0 bridgehead atoms. The molecule has 0 N–H and O–H groups in total. The van der Waals surface area contributed by atoms with Gasteiger partial charge in [-0.05, 0) is 145 Å². The van der Waals surface area contributed by atoms with E-state index in [0.717, 1.165) is 0 Å². The third kappa shape index (κ3) is 4.54. The van der Waals surface area contributed by atoms with E-state index in [2.05, 4.69) is 206 Å². The first kappa shape index (κ1) is 31.1. The Labute approximate surface area is 325 Å². The van der Waals surface area contributed by atoms with Crippen molar-refractivity contribution < 1.29 is 0 Å². The van der Waals surface area contributed by atoms with E-state index in [4.69, 9.17) is 0 Å². The van der Waals surface area contributed by atoms with Gasteiger partial charge < -0.3 is 0 Å². The SMILES string of the molecule is c1ccc(C2=C3C(=C(c4ccccc4)c4cc5c6ccccc6c6ccccc6c5cc43)C(c3ccc4ccccc4c3)=C2c2ccc3ccccc3c2)cc1. The summed E-state index contributed by atoms with van der Waals surface area (Å²) in [6.45, 7) is 0. The number of benzene rings is 10. The van der Waals surface area contributed by atoms with Crippen molar-refractivity contribution >= 4 is 81.7 Å². The number of hydrogen-bond acceptors (Lipinski definition) is 0. The Hall–Kier alpha value is -7.28. The molecule has 10 aromatic rings. The Morgan fingerprint density at radius 3 is 1.04 bits per heavy atom. The zero-order chi connectivity index (χ0) is 36.7. The lowest BCUT2D eigenvalue weighted by Crippen LogP contribution is -1.96. The molecule has 0 saturated heterocycles. The summed E-state index contributed by atoms with van der Waals surface area (Å²) in [6.07, 6.45) is 0. The normalized spacial score (nSPS) is 13.9. The van der Waals surface area contributed by atoms with Crippen molar-refractivity contribution in [2.75, 3.05) is 0 Å². The van der Waals surface area contributed by atoms with E-state index in [9.17, 15) is 0 Å². The monoisotopic (exact) mass is 706 g/mol. The fraction of sp³-hybridized carbons (Fsp3) is 0. The van der Waals surface area contributed by atoms with E-state index in [1.165, 1.54) is 121 Å². The molecule has 0 nitrogen and oxygen atoms in total. The summed E-state index contributed by atoms with van der Waals surface area (Å²) in [5.74, 6) is 0. The molecule has 0 amide bonds. The van der Waals surface area contributed by atoms with Crippen molar-refractivity contribution in [2.45, 2.75) is 0 Å². The molecule has 0 atom stereocenters. The van der Waals surface area contributed by atoms with Gasteiger partial charge in [0, 0.05) is 0 Å². The minimum Gasteiger partial charge on any atom is -0.0622 e. The zero-order valence-electron chi connectivity index (χ0n) is 30.6. The van der Waals surface area contributed by atoms with Gasteiger partial charge in [-0.15, -0.1) is 0 Å². The highest BCUT2D eigenvalue weighted by Gasteiger charge is 2.40. The van der Waals surface area contributed by atoms with Crippen molar-refractivity contribution in [1.82, 2.24) is 0 Å². The minimum atomic E-state index is 1.22. The molecule has 0 unspecified atom stereocenters. The van der Waals surface area contributed by atoms with Crippen molar-refractivity contribution in [3.05, 3.63) is 245 Å². The van der Waals surface area contributed by atoms with Crippen molar-refractivity contribution in [3.8, 4) is 0 Å². The van der Waals surface area contributed by atoms with Crippen LogP contribution in [0.25, 0.3) is 81.7 Å². The number of fused-ring (bicyclic) bond motifs is 11. The van der Waals surface area contributed by atoms with Crippen molar-refractivity contribution in [2.24, 2.45) is 0 Å². The molecule has 0 saturated carbocycles. The number of rotatable bonds is 4. The van der Waals surface area contributed by atoms with Crippen LogP contribution in [0.4, 0.5) is 0 Å². The van der Waals surface area contributed by atoms with Gasteiger partial charge in [0.25, 0.3) is 0 Å². The number of allylic oxidation sites excluding steroid dienone is 5. The van der Waals surface area contributed by atoms with Crippen LogP contribution in [0.3, 0.4) is 0 Å². The third-order valence-electron chi connectivity index (χ3n) is 12.1. The maximum atomic E-state index is 2.52. The third-order valence-corrected chi connectivity index (χ3v) is 12.1. The van der Waals surface area contributed by atoms with E-state index in [0.29, 0.717) is 0 Å². The molecule has 0 heterocycles. The van der Waals surface area contributed by atoms with Gasteiger partial charge in [-0.1, -0.05) is 182 Å². The van der Waals surface area contributed by atoms with Crippen LogP contribution in [-0.2, 0) is 0 Å². The maximum Gasteiger partial charge on any atom is -0.000137 e. The molecule has 0 spiro atoms. The molecule has 0 heteroatoms. The summed E-state index contributed by atoms with van der Waals surface area (Å²) in [5, 5.41) is 12.7. The van der Waals surface area contributed by atoms with Crippen LogP contribution in [0.15, 0.2) is 212 Å². The molecule has 2 aliphatic rings. The van der Waals surface area contributed by atoms with Crippen LogP contribution in [0.2, 0.25) is 0 Å². The average molecular weight is 707 g/mol. The summed E-state index contributed by atoms with van der Waals surface area (Å²) in [5.41, 5.74) is 15.3. The Morgan fingerprint density at radius 1 is 0.179 bits per heavy atom. The first-order valence-electron chi connectivity index (χ1n) is 19.5. The lowest BCUT2D eigenvalue weighted by Gasteiger charge is -2.18. The molecular weight excluding hydrogens is 673 g/mol. The molecule has 2 aliphatic carbocycles. The molecular formula is C56H34. The highest BCUT2D eigenvalue weighted by atomic mass is 14.4. The highest BCUT2D eigenvalue weighted by molar-refractivity contribution is 6.40. The van der Waals surface area contributed by atoms with Gasteiger partial charge >= 0.3 is 0 Å². The zero-order valence-corrected chi connectivity index (χ0v) is 30.6. The minimum absolute atomic E-state index is 1.22. The van der Waals surface area contributed by atoms with Crippen molar-refractivity contribution in [3.63, 3.8) is 0 Å². The quantitative estimate of drug-likeness (QED) is 0.160. The average Bonchev–Trinajstić information content (AvgIpc) is 3.78. The maximum absolute atomic E-state index is 2.52. The van der Waals surface area contributed by atoms with Crippen LogP contribution < -0.4 is 0 Å². The van der Waals surface area contributed by atoms with E-state index >= 15 is 0 Å². The molecule has 56 heavy (non-hydrogen) atoms. The molecule has 0 aliphatic heterocycles. The van der Waals surface area contributed by atoms with Crippen LogP contribution in [0, 0.1) is 0 Å². The summed E-state index contributed by atoms with van der Waals surface area (Å²) < 4.78 is 0. The Morgan fingerprint density at radius 2 is 0.536 bits per heavy atom. The van der Waals surface area contributed by atoms with Crippen LogP contribution in [0.1, 0.15) is 33.4 Å². The molecule has 0 radical (unpaired) electrons. The highest BCUT2D eigenvalue weighted by Crippen LogP contribution is 2.62. The van der Waals surface area contributed by atoms with E-state index < -0.39 is 0 Å². The van der Waals surface area contributed by atoms with Crippen LogP contribution >= 0.6 is 0 Å². The molecule has 10 aromatic carbocycles. The fourth-order valence-electron chi connectivity index (χ4n) is 9.71. The Bertz CT molecular complexity index is 3370. The predicted molar refractivity (Wildman–Crippen MR) is 239 cm³/mol. The summed E-state index contributed by atoms with van der Waals surface area (Å²) >= 11 is 0. The first-order valence-corrected chi connectivity index (χ1v) is 19.5. The summed E-state index contributed by atoms with van der Waals surface area (Å²) in [6, 6.07) is 76.7. The van der Waals surface area contributed by atoms with E-state index in [1.807, 2.05) is 0 Å². The largest absolute Gasteiger partial charge is 0.0622 e. The predicted octanol–water partition coefficient (Wildman–Crippen LogP) is 14.8. The molecule has 0 aromatic heterocycles. The van der Waals surface area contributed by atoms with Gasteiger partial charge in [-0.25, -0.2) is 0 Å². The van der Waals surface area contributed by atoms with Gasteiger partial charge in [-0.3, -0.25) is 0 Å². The van der Waals surface area contributed by atoms with Crippen LogP contribution in [-0.4, -0.2) is 0 Å². The standard InChI is InChI=1S/C56H34/c1-3-17-37(18-4-1)51-49-33-47-45-25-13-11-23-43(45)44-24-12-14-26-46(44)48(47)34-50(49)55-52(38-19-5-2-6-20-38)53(41-29-27-35-15-7-9-21-39(35)31-41)54(56(51)55)42-30-28-36-16-8-10-22-40(36)32-42/h1-34H. The van der Waals surface area contributed by atoms with Crippen LogP contribution in [0.5, 0.6) is 0 Å². The second kappa shape index (κ2) is 12.1. The second-order valence-corrected chi connectivity index (χ2v) is 15.1. The Balaban J connectivity index is 1.29. The molecule has 258 valence electrons. The van der Waals surface area contributed by atoms with E-state index in [-0.39, 0.29) is 0 Å². The Kier molecular flexibility index (Phi) is 6.73.